The van der Waals surface area contributed by atoms with E-state index < -0.39 is 16.5 Å². The Balaban J connectivity index is 2.51. The van der Waals surface area contributed by atoms with E-state index in [2.05, 4.69) is 0 Å². The zero-order valence-electron chi connectivity index (χ0n) is 10.8. The van der Waals surface area contributed by atoms with Gasteiger partial charge in [0.1, 0.15) is 11.6 Å². The number of Topliss-reactive ketones (excluding diaryl/α,β-unsaturated/α-hetero) is 1. The summed E-state index contributed by atoms with van der Waals surface area (Å²) in [5, 5.41) is 11.1. The summed E-state index contributed by atoms with van der Waals surface area (Å²) in [6, 6.07) is 7.62. The highest BCUT2D eigenvalue weighted by Crippen LogP contribution is 2.35. The third kappa shape index (κ3) is 3.17. The van der Waals surface area contributed by atoms with Crippen LogP contribution in [0.25, 0.3) is 0 Å². The number of benzene rings is 2. The Morgan fingerprint density at radius 1 is 1.29 bits per heavy atom. The van der Waals surface area contributed by atoms with Crippen LogP contribution in [0.15, 0.2) is 36.4 Å². The molecule has 0 spiro atoms. The molecule has 0 aromatic heterocycles. The maximum Gasteiger partial charge on any atom is 0.313 e. The normalized spacial score (nSPS) is 10.2. The number of rotatable bonds is 4. The molecule has 0 bridgehead atoms. The highest BCUT2D eigenvalue weighted by Gasteiger charge is 2.20. The van der Waals surface area contributed by atoms with Crippen LogP contribution >= 0.6 is 11.6 Å². The minimum Gasteiger partial charge on any atom is -0.449 e. The summed E-state index contributed by atoms with van der Waals surface area (Å²) >= 11 is 5.70. The van der Waals surface area contributed by atoms with Crippen LogP contribution in [0.2, 0.25) is 5.02 Å². The Morgan fingerprint density at radius 3 is 2.62 bits per heavy atom. The van der Waals surface area contributed by atoms with Crippen molar-refractivity contribution >= 4 is 23.1 Å². The molecule has 21 heavy (non-hydrogen) atoms. The van der Waals surface area contributed by atoms with Crippen LogP contribution < -0.4 is 4.74 Å². The van der Waals surface area contributed by atoms with Crippen LogP contribution in [0.1, 0.15) is 17.3 Å². The molecule has 0 N–H and O–H groups in total. The molecule has 0 aliphatic rings. The van der Waals surface area contributed by atoms with Crippen molar-refractivity contribution in [3.05, 3.63) is 62.9 Å². The minimum absolute atomic E-state index is 0.0899. The molecule has 0 amide bonds. The third-order valence-corrected chi connectivity index (χ3v) is 2.90. The van der Waals surface area contributed by atoms with Crippen LogP contribution in [-0.4, -0.2) is 10.7 Å². The summed E-state index contributed by atoms with van der Waals surface area (Å²) in [5.74, 6) is -1.51. The Hall–Kier alpha value is -2.47. The first-order valence-corrected chi connectivity index (χ1v) is 6.19. The van der Waals surface area contributed by atoms with Crippen molar-refractivity contribution in [2.75, 3.05) is 0 Å². The molecule has 5 nitrogen and oxygen atoms in total. The van der Waals surface area contributed by atoms with Gasteiger partial charge in [0.05, 0.1) is 10.5 Å². The Bertz CT molecular complexity index is 733. The lowest BCUT2D eigenvalue weighted by Crippen LogP contribution is -2.02. The summed E-state index contributed by atoms with van der Waals surface area (Å²) in [6.07, 6.45) is 0. The quantitative estimate of drug-likeness (QED) is 0.477. The molecule has 2 aromatic rings. The number of halogens is 2. The topological polar surface area (TPSA) is 69.4 Å². The standard InChI is InChI=1S/C14H9ClFNO4/c1-8(18)14-10(16)3-2-4-13(14)21-12-6-5-9(15)7-11(12)17(19)20/h2-7H,1H3. The highest BCUT2D eigenvalue weighted by molar-refractivity contribution is 6.30. The Morgan fingerprint density at radius 2 is 2.00 bits per heavy atom. The molecule has 2 aromatic carbocycles. The lowest BCUT2D eigenvalue weighted by atomic mass is 10.1. The molecule has 7 heteroatoms. The lowest BCUT2D eigenvalue weighted by Gasteiger charge is -2.10. The number of carbonyl (C=O) groups is 1. The van der Waals surface area contributed by atoms with Crippen molar-refractivity contribution in [3.63, 3.8) is 0 Å². The fourth-order valence-electron chi connectivity index (χ4n) is 1.77. The number of ketones is 1. The van der Waals surface area contributed by atoms with E-state index in [1.54, 1.807) is 0 Å². The maximum absolute atomic E-state index is 13.7. The van der Waals surface area contributed by atoms with Crippen molar-refractivity contribution in [2.24, 2.45) is 0 Å². The Labute approximate surface area is 124 Å². The predicted molar refractivity (Wildman–Crippen MR) is 74.6 cm³/mol. The van der Waals surface area contributed by atoms with E-state index in [-0.39, 0.29) is 27.8 Å². The number of nitro groups is 1. The van der Waals surface area contributed by atoms with Gasteiger partial charge in [-0.15, -0.1) is 0 Å². The second-order valence-electron chi connectivity index (χ2n) is 4.14. The number of nitro benzene ring substituents is 1. The van der Waals surface area contributed by atoms with Gasteiger partial charge < -0.3 is 4.74 Å². The first-order valence-electron chi connectivity index (χ1n) is 5.81. The zero-order valence-corrected chi connectivity index (χ0v) is 11.6. The third-order valence-electron chi connectivity index (χ3n) is 2.67. The van der Waals surface area contributed by atoms with Gasteiger partial charge in [0.15, 0.2) is 5.78 Å². The zero-order chi connectivity index (χ0) is 15.6. The number of carbonyl (C=O) groups excluding carboxylic acids is 1. The number of nitrogens with zero attached hydrogens (tertiary/aromatic N) is 1. The fourth-order valence-corrected chi connectivity index (χ4v) is 1.94. The van der Waals surface area contributed by atoms with E-state index in [4.69, 9.17) is 16.3 Å². The summed E-state index contributed by atoms with van der Waals surface area (Å²) in [6.45, 7) is 1.18. The Kier molecular flexibility index (Phi) is 4.18. The monoisotopic (exact) mass is 309 g/mol. The van der Waals surface area contributed by atoms with Crippen LogP contribution in [0, 0.1) is 15.9 Å². The number of hydrogen-bond donors (Lipinski definition) is 0. The molecule has 0 fully saturated rings. The average molecular weight is 310 g/mol. The van der Waals surface area contributed by atoms with E-state index in [1.807, 2.05) is 0 Å². The molecule has 0 aliphatic carbocycles. The van der Waals surface area contributed by atoms with Crippen molar-refractivity contribution in [1.29, 1.82) is 0 Å². The molecule has 0 saturated carbocycles. The lowest BCUT2D eigenvalue weighted by molar-refractivity contribution is -0.385. The summed E-state index contributed by atoms with van der Waals surface area (Å²) in [7, 11) is 0. The first-order chi connectivity index (χ1) is 9.90. The largest absolute Gasteiger partial charge is 0.449 e. The van der Waals surface area contributed by atoms with Gasteiger partial charge in [0.2, 0.25) is 5.75 Å². The summed E-state index contributed by atoms with van der Waals surface area (Å²) in [5.41, 5.74) is -0.636. The van der Waals surface area contributed by atoms with E-state index >= 15 is 0 Å². The minimum atomic E-state index is -0.753. The molecule has 0 radical (unpaired) electrons. The van der Waals surface area contributed by atoms with Gasteiger partial charge in [-0.2, -0.15) is 0 Å². The van der Waals surface area contributed by atoms with Gasteiger partial charge in [-0.25, -0.2) is 4.39 Å². The van der Waals surface area contributed by atoms with Crippen molar-refractivity contribution < 1.29 is 18.8 Å². The van der Waals surface area contributed by atoms with Gasteiger partial charge in [0, 0.05) is 11.1 Å². The molecule has 0 aliphatic heterocycles. The number of hydrogen-bond acceptors (Lipinski definition) is 4. The summed E-state index contributed by atoms with van der Waals surface area (Å²) in [4.78, 5) is 21.8. The van der Waals surface area contributed by atoms with Crippen LogP contribution in [0.4, 0.5) is 10.1 Å². The van der Waals surface area contributed by atoms with Crippen LogP contribution in [0.5, 0.6) is 11.5 Å². The van der Waals surface area contributed by atoms with Gasteiger partial charge in [-0.05, 0) is 31.2 Å². The van der Waals surface area contributed by atoms with Crippen LogP contribution in [-0.2, 0) is 0 Å². The van der Waals surface area contributed by atoms with Gasteiger partial charge in [-0.1, -0.05) is 17.7 Å². The van der Waals surface area contributed by atoms with E-state index in [9.17, 15) is 19.3 Å². The molecule has 2 rings (SSSR count). The molecule has 0 unspecified atom stereocenters. The second kappa shape index (κ2) is 5.88. The summed E-state index contributed by atoms with van der Waals surface area (Å²) < 4.78 is 19.0. The van der Waals surface area contributed by atoms with E-state index in [0.29, 0.717) is 0 Å². The molecule has 0 atom stereocenters. The molecule has 0 heterocycles. The molecular formula is C14H9ClFNO4. The second-order valence-corrected chi connectivity index (χ2v) is 4.58. The highest BCUT2D eigenvalue weighted by atomic mass is 35.5. The predicted octanol–water partition coefficient (Wildman–Crippen LogP) is 4.38. The van der Waals surface area contributed by atoms with Crippen LogP contribution in [0.3, 0.4) is 0 Å². The fraction of sp³-hybridized carbons (Fsp3) is 0.0714. The number of ether oxygens (including phenoxy) is 1. The van der Waals surface area contributed by atoms with Gasteiger partial charge in [0.25, 0.3) is 0 Å². The van der Waals surface area contributed by atoms with Crippen molar-refractivity contribution in [2.45, 2.75) is 6.92 Å². The maximum atomic E-state index is 13.7. The van der Waals surface area contributed by atoms with E-state index in [1.165, 1.54) is 31.2 Å². The van der Waals surface area contributed by atoms with Gasteiger partial charge in [-0.3, -0.25) is 14.9 Å². The molecule has 0 saturated heterocycles. The SMILES string of the molecule is CC(=O)c1c(F)cccc1Oc1ccc(Cl)cc1[N+](=O)[O-]. The van der Waals surface area contributed by atoms with Gasteiger partial charge >= 0.3 is 5.69 Å². The molecule has 108 valence electrons. The average Bonchev–Trinajstić information content (AvgIpc) is 2.40. The first kappa shape index (κ1) is 14.9. The van der Waals surface area contributed by atoms with Crippen molar-refractivity contribution in [3.8, 4) is 11.5 Å². The smallest absolute Gasteiger partial charge is 0.313 e. The molecular weight excluding hydrogens is 301 g/mol. The van der Waals surface area contributed by atoms with Crippen molar-refractivity contribution in [1.82, 2.24) is 0 Å². The van der Waals surface area contributed by atoms with E-state index in [0.717, 1.165) is 12.1 Å².